The Hall–Kier alpha value is -0.460. The van der Waals surface area contributed by atoms with E-state index in [-0.39, 0.29) is 10.9 Å². The zero-order valence-corrected chi connectivity index (χ0v) is 9.75. The van der Waals surface area contributed by atoms with Crippen LogP contribution in [0.1, 0.15) is 6.42 Å². The van der Waals surface area contributed by atoms with Gasteiger partial charge in [0.1, 0.15) is 4.33 Å². The van der Waals surface area contributed by atoms with Gasteiger partial charge < -0.3 is 0 Å². The summed E-state index contributed by atoms with van der Waals surface area (Å²) in [5.74, 6) is 0.800. The number of aromatic amines is 2. The van der Waals surface area contributed by atoms with E-state index in [1.807, 2.05) is 0 Å². The summed E-state index contributed by atoms with van der Waals surface area (Å²) in [5, 5.41) is 6.01. The van der Waals surface area contributed by atoms with Gasteiger partial charge in [-0.05, 0) is 6.42 Å². The molecule has 5 nitrogen and oxygen atoms in total. The third kappa shape index (κ3) is 2.56. The molecule has 1 aliphatic rings. The molecule has 1 unspecified atom stereocenters. The predicted octanol–water partition coefficient (Wildman–Crippen LogP) is 0.744. The van der Waals surface area contributed by atoms with Crippen LogP contribution in [0.25, 0.3) is 0 Å². The molecule has 2 N–H and O–H groups in total. The van der Waals surface area contributed by atoms with Crippen LogP contribution in [-0.2, 0) is 0 Å². The van der Waals surface area contributed by atoms with Crippen LogP contribution in [0.2, 0.25) is 0 Å². The highest BCUT2D eigenvalue weighted by Crippen LogP contribution is 2.54. The van der Waals surface area contributed by atoms with E-state index in [0.29, 0.717) is 5.75 Å². The number of halogens is 2. The molecule has 0 aromatic carbocycles. The lowest BCUT2D eigenvalue weighted by atomic mass is 10.5. The third-order valence-corrected chi connectivity index (χ3v) is 4.10. The number of nitrogens with zero attached hydrogens (tertiary/aromatic N) is 1. The summed E-state index contributed by atoms with van der Waals surface area (Å²) in [4.78, 5) is 24.0. The average Bonchev–Trinajstić information content (AvgIpc) is 2.73. The van der Waals surface area contributed by atoms with Gasteiger partial charge in [-0.2, -0.15) is 5.10 Å². The fourth-order valence-electron chi connectivity index (χ4n) is 1.06. The number of hydrogen-bond acceptors (Lipinski definition) is 4. The predicted molar refractivity (Wildman–Crippen MR) is 58.7 cm³/mol. The highest BCUT2D eigenvalue weighted by atomic mass is 35.5. The SMILES string of the molecule is O=c1[nH]nc(SCC2CC2(Cl)Cl)c(=O)[nH]1. The standard InChI is InChI=1S/C7H7Cl2N3O2S/c8-7(9)1-3(7)2-15-5-4(13)10-6(14)12-11-5/h3H,1-2H2,(H2,10,12,13,14). The van der Waals surface area contributed by atoms with Gasteiger partial charge in [0.15, 0.2) is 5.03 Å². The smallest absolute Gasteiger partial charge is 0.271 e. The first-order chi connectivity index (χ1) is 6.99. The molecule has 0 radical (unpaired) electrons. The Kier molecular flexibility index (Phi) is 2.83. The van der Waals surface area contributed by atoms with Crippen LogP contribution in [0.5, 0.6) is 0 Å². The van der Waals surface area contributed by atoms with Crippen molar-refractivity contribution < 1.29 is 0 Å². The topological polar surface area (TPSA) is 78.6 Å². The van der Waals surface area contributed by atoms with Crippen molar-refractivity contribution in [2.75, 3.05) is 5.75 Å². The van der Waals surface area contributed by atoms with Crippen LogP contribution in [-0.4, -0.2) is 25.3 Å². The van der Waals surface area contributed by atoms with Crippen molar-refractivity contribution in [1.82, 2.24) is 15.2 Å². The van der Waals surface area contributed by atoms with Gasteiger partial charge in [0, 0.05) is 11.7 Å². The first-order valence-corrected chi connectivity index (χ1v) is 5.93. The second-order valence-electron chi connectivity index (χ2n) is 3.29. The van der Waals surface area contributed by atoms with E-state index in [9.17, 15) is 9.59 Å². The van der Waals surface area contributed by atoms with Crippen LogP contribution < -0.4 is 11.2 Å². The van der Waals surface area contributed by atoms with Gasteiger partial charge in [0.25, 0.3) is 5.56 Å². The Labute approximate surface area is 98.6 Å². The van der Waals surface area contributed by atoms with E-state index in [1.165, 1.54) is 11.8 Å². The van der Waals surface area contributed by atoms with E-state index in [4.69, 9.17) is 23.2 Å². The van der Waals surface area contributed by atoms with Crippen molar-refractivity contribution in [3.8, 4) is 0 Å². The second kappa shape index (κ2) is 3.84. The summed E-state index contributed by atoms with van der Waals surface area (Å²) >= 11 is 12.9. The summed E-state index contributed by atoms with van der Waals surface area (Å²) < 4.78 is -0.651. The summed E-state index contributed by atoms with van der Waals surface area (Å²) in [6, 6.07) is 0. The van der Waals surface area contributed by atoms with E-state index < -0.39 is 15.6 Å². The first-order valence-electron chi connectivity index (χ1n) is 4.18. The van der Waals surface area contributed by atoms with Gasteiger partial charge in [-0.3, -0.25) is 9.78 Å². The number of thioether (sulfide) groups is 1. The maximum absolute atomic E-state index is 11.2. The molecule has 1 atom stereocenters. The molecule has 0 saturated heterocycles. The second-order valence-corrected chi connectivity index (χ2v) is 5.84. The molecule has 82 valence electrons. The molecule has 0 aliphatic heterocycles. The van der Waals surface area contributed by atoms with Gasteiger partial charge in [0.2, 0.25) is 0 Å². The van der Waals surface area contributed by atoms with Crippen molar-refractivity contribution in [2.45, 2.75) is 15.8 Å². The number of H-pyrrole nitrogens is 2. The molecule has 1 heterocycles. The Morgan fingerprint density at radius 3 is 2.73 bits per heavy atom. The van der Waals surface area contributed by atoms with Gasteiger partial charge in [-0.25, -0.2) is 9.89 Å². The van der Waals surface area contributed by atoms with Crippen molar-refractivity contribution in [3.63, 3.8) is 0 Å². The third-order valence-electron chi connectivity index (χ3n) is 2.06. The lowest BCUT2D eigenvalue weighted by Gasteiger charge is -1.98. The number of alkyl halides is 2. The Bertz CT molecular complexity index is 484. The van der Waals surface area contributed by atoms with Crippen LogP contribution in [0.15, 0.2) is 14.6 Å². The molecule has 2 rings (SSSR count). The molecule has 1 aromatic heterocycles. The maximum Gasteiger partial charge on any atom is 0.342 e. The number of nitrogens with one attached hydrogen (secondary N) is 2. The number of rotatable bonds is 3. The summed E-state index contributed by atoms with van der Waals surface area (Å²) in [6.07, 6.45) is 0.727. The molecule has 8 heteroatoms. The van der Waals surface area contributed by atoms with Gasteiger partial charge >= 0.3 is 5.69 Å². The van der Waals surface area contributed by atoms with Crippen LogP contribution in [0, 0.1) is 5.92 Å². The van der Waals surface area contributed by atoms with E-state index in [2.05, 4.69) is 15.2 Å². The van der Waals surface area contributed by atoms with Crippen molar-refractivity contribution in [3.05, 3.63) is 20.8 Å². The molecule has 1 fully saturated rings. The van der Waals surface area contributed by atoms with Crippen molar-refractivity contribution >= 4 is 35.0 Å². The van der Waals surface area contributed by atoms with Gasteiger partial charge in [0.05, 0.1) is 0 Å². The summed E-state index contributed by atoms with van der Waals surface area (Å²) in [5.41, 5.74) is -1.10. The van der Waals surface area contributed by atoms with Crippen molar-refractivity contribution in [2.24, 2.45) is 5.92 Å². The molecule has 15 heavy (non-hydrogen) atoms. The normalized spacial score (nSPS) is 22.7. The van der Waals surface area contributed by atoms with Crippen molar-refractivity contribution in [1.29, 1.82) is 0 Å². The summed E-state index contributed by atoms with van der Waals surface area (Å²) in [6.45, 7) is 0. The van der Waals surface area contributed by atoms with E-state index >= 15 is 0 Å². The molecule has 1 saturated carbocycles. The number of hydrogen-bond donors (Lipinski definition) is 2. The minimum atomic E-state index is -0.651. The van der Waals surface area contributed by atoms with Crippen LogP contribution in [0.4, 0.5) is 0 Å². The minimum absolute atomic E-state index is 0.180. The lowest BCUT2D eigenvalue weighted by Crippen LogP contribution is -2.25. The molecule has 1 aliphatic carbocycles. The molecule has 1 aromatic rings. The van der Waals surface area contributed by atoms with Crippen LogP contribution >= 0.6 is 35.0 Å². The molecule has 0 bridgehead atoms. The maximum atomic E-state index is 11.2. The van der Waals surface area contributed by atoms with Gasteiger partial charge in [-0.15, -0.1) is 23.2 Å². The highest BCUT2D eigenvalue weighted by molar-refractivity contribution is 7.99. The first kappa shape index (κ1) is 11.0. The molecule has 0 spiro atoms. The summed E-state index contributed by atoms with van der Waals surface area (Å²) in [7, 11) is 0. The largest absolute Gasteiger partial charge is 0.342 e. The fourth-order valence-corrected chi connectivity index (χ4v) is 2.83. The van der Waals surface area contributed by atoms with E-state index in [0.717, 1.165) is 6.42 Å². The minimum Gasteiger partial charge on any atom is -0.271 e. The fraction of sp³-hybridized carbons (Fsp3) is 0.571. The van der Waals surface area contributed by atoms with Gasteiger partial charge in [-0.1, -0.05) is 11.8 Å². The Balaban J connectivity index is 2.00. The quantitative estimate of drug-likeness (QED) is 0.626. The molecular weight excluding hydrogens is 261 g/mol. The monoisotopic (exact) mass is 267 g/mol. The lowest BCUT2D eigenvalue weighted by molar-refractivity contribution is 0.805. The zero-order valence-electron chi connectivity index (χ0n) is 7.42. The zero-order chi connectivity index (χ0) is 11.1. The highest BCUT2D eigenvalue weighted by Gasteiger charge is 2.51. The van der Waals surface area contributed by atoms with Crippen LogP contribution in [0.3, 0.4) is 0 Å². The Morgan fingerprint density at radius 1 is 1.53 bits per heavy atom. The molecule has 0 amide bonds. The number of aromatic nitrogens is 3. The average molecular weight is 268 g/mol. The Morgan fingerprint density at radius 2 is 2.20 bits per heavy atom. The van der Waals surface area contributed by atoms with E-state index in [1.54, 1.807) is 0 Å². The molecular formula is C7H7Cl2N3O2S.